The fraction of sp³-hybridized carbons (Fsp3) is 0.667. The molecule has 0 saturated carbocycles. The first-order valence-corrected chi connectivity index (χ1v) is 5.82. The maximum Gasteiger partial charge on any atom is 1.00 e. The maximum absolute atomic E-state index is 9.41. The number of rotatable bonds is 6. The molecule has 0 aliphatic heterocycles. The summed E-state index contributed by atoms with van der Waals surface area (Å²) in [6.07, 6.45) is 0.769. The fourth-order valence-electron chi connectivity index (χ4n) is 1.48. The number of carboxylic acids is 2. The second-order valence-electron chi connectivity index (χ2n) is 3.58. The zero-order chi connectivity index (χ0) is 13.9. The Balaban J connectivity index is -0.000000238. The van der Waals surface area contributed by atoms with Crippen molar-refractivity contribution in [3.05, 3.63) is 12.2 Å². The minimum Gasteiger partial charge on any atom is -0.545 e. The molecule has 0 aliphatic carbocycles. The molecule has 0 radical (unpaired) electrons. The van der Waals surface area contributed by atoms with Crippen LogP contribution in [0.4, 0.5) is 0 Å². The average Bonchev–Trinajstić information content (AvgIpc) is 2.31. The van der Waals surface area contributed by atoms with Crippen molar-refractivity contribution in [2.24, 2.45) is 0 Å². The molecular weight excluding hydrogens is 261 g/mol. The predicted octanol–water partition coefficient (Wildman–Crippen LogP) is -4.07. The van der Waals surface area contributed by atoms with E-state index < -0.39 is 11.9 Å². The van der Waals surface area contributed by atoms with Crippen molar-refractivity contribution in [2.45, 2.75) is 27.7 Å². The molecular formula is C12H22KNO4. The predicted molar refractivity (Wildman–Crippen MR) is 61.6 cm³/mol. The molecule has 100 valence electrons. The number of quaternary nitrogens is 1. The molecule has 0 unspecified atom stereocenters. The number of carboxylic acid groups (broad SMARTS) is 2. The molecule has 0 bridgehead atoms. The summed E-state index contributed by atoms with van der Waals surface area (Å²) in [6, 6.07) is 0. The monoisotopic (exact) mass is 283 g/mol. The van der Waals surface area contributed by atoms with Crippen LogP contribution in [0, 0.1) is 0 Å². The number of nitrogens with zero attached hydrogens (tertiary/aromatic N) is 1. The Morgan fingerprint density at radius 2 is 1.06 bits per heavy atom. The zero-order valence-electron chi connectivity index (χ0n) is 12.1. The Hall–Kier alpha value is 0.276. The third-order valence-electron chi connectivity index (χ3n) is 3.04. The molecule has 0 aliphatic rings. The molecule has 0 atom stereocenters. The standard InChI is InChI=1S/C8H20N.C4H4O4.K/c1-5-9(6-2,7-3)8-4;5-3(6)1-2-4(7)8;/h5-8H2,1-4H3;1-2H,(H,5,6)(H,7,8);/q+1;;+1/p-2/b;2-1-;. The van der Waals surface area contributed by atoms with Gasteiger partial charge in [-0.15, -0.1) is 0 Å². The van der Waals surface area contributed by atoms with Crippen LogP contribution in [-0.2, 0) is 9.59 Å². The molecule has 0 saturated heterocycles. The Labute approximate surface area is 152 Å². The summed E-state index contributed by atoms with van der Waals surface area (Å²) in [4.78, 5) is 18.8. The van der Waals surface area contributed by atoms with Crippen molar-refractivity contribution in [3.8, 4) is 0 Å². The molecule has 6 heteroatoms. The first kappa shape index (κ1) is 23.4. The number of hydrogen-bond acceptors (Lipinski definition) is 4. The Kier molecular flexibility index (Phi) is 17.8. The van der Waals surface area contributed by atoms with Crippen LogP contribution in [-0.4, -0.2) is 42.6 Å². The van der Waals surface area contributed by atoms with Crippen LogP contribution in [0.5, 0.6) is 0 Å². The van der Waals surface area contributed by atoms with E-state index in [0.717, 1.165) is 0 Å². The molecule has 0 spiro atoms. The molecule has 0 fully saturated rings. The van der Waals surface area contributed by atoms with E-state index in [-0.39, 0.29) is 51.4 Å². The third-order valence-corrected chi connectivity index (χ3v) is 3.04. The minimum atomic E-state index is -1.55. The fourth-order valence-corrected chi connectivity index (χ4v) is 1.48. The first-order chi connectivity index (χ1) is 7.87. The number of carbonyl (C=O) groups excluding carboxylic acids is 2. The second-order valence-corrected chi connectivity index (χ2v) is 3.58. The minimum absolute atomic E-state index is 0. The van der Waals surface area contributed by atoms with E-state index in [1.807, 2.05) is 0 Å². The zero-order valence-corrected chi connectivity index (χ0v) is 15.2. The van der Waals surface area contributed by atoms with Crippen LogP contribution >= 0.6 is 0 Å². The number of aliphatic carboxylic acids is 2. The summed E-state index contributed by atoms with van der Waals surface area (Å²) in [7, 11) is 0. The van der Waals surface area contributed by atoms with Crippen LogP contribution in [0.15, 0.2) is 12.2 Å². The van der Waals surface area contributed by atoms with Crippen LogP contribution < -0.4 is 61.6 Å². The van der Waals surface area contributed by atoms with E-state index in [0.29, 0.717) is 12.2 Å². The van der Waals surface area contributed by atoms with Gasteiger partial charge in [0.05, 0.1) is 38.1 Å². The van der Waals surface area contributed by atoms with Crippen LogP contribution in [0.1, 0.15) is 27.7 Å². The van der Waals surface area contributed by atoms with E-state index in [9.17, 15) is 19.8 Å². The SMILES string of the molecule is CC[N+](CC)(CC)CC.O=C([O-])/C=C\C(=O)[O-].[K+]. The topological polar surface area (TPSA) is 80.3 Å². The molecule has 0 aromatic rings. The van der Waals surface area contributed by atoms with Gasteiger partial charge < -0.3 is 24.3 Å². The quantitative estimate of drug-likeness (QED) is 0.282. The van der Waals surface area contributed by atoms with Gasteiger partial charge in [-0.3, -0.25) is 0 Å². The van der Waals surface area contributed by atoms with E-state index in [4.69, 9.17) is 0 Å². The molecule has 0 aromatic carbocycles. The van der Waals surface area contributed by atoms with Crippen molar-refractivity contribution in [1.29, 1.82) is 0 Å². The summed E-state index contributed by atoms with van der Waals surface area (Å²) in [5.74, 6) is -3.09. The van der Waals surface area contributed by atoms with Gasteiger partial charge in [0.15, 0.2) is 0 Å². The number of hydrogen-bond donors (Lipinski definition) is 0. The summed E-state index contributed by atoms with van der Waals surface area (Å²) in [6.45, 7) is 14.2. The van der Waals surface area contributed by atoms with Crippen molar-refractivity contribution in [1.82, 2.24) is 0 Å². The van der Waals surface area contributed by atoms with Crippen molar-refractivity contribution < 1.29 is 75.7 Å². The molecule has 18 heavy (non-hydrogen) atoms. The maximum atomic E-state index is 9.41. The molecule has 0 rings (SSSR count). The molecule has 0 heterocycles. The van der Waals surface area contributed by atoms with Gasteiger partial charge >= 0.3 is 51.4 Å². The molecule has 0 aromatic heterocycles. The molecule has 0 amide bonds. The van der Waals surface area contributed by atoms with Gasteiger partial charge in [0.2, 0.25) is 0 Å². The van der Waals surface area contributed by atoms with Crippen LogP contribution in [0.3, 0.4) is 0 Å². The normalized spacial score (nSPS) is 10.2. The van der Waals surface area contributed by atoms with Gasteiger partial charge in [0.25, 0.3) is 0 Å². The molecule has 5 nitrogen and oxygen atoms in total. The van der Waals surface area contributed by atoms with Crippen LogP contribution in [0.25, 0.3) is 0 Å². The van der Waals surface area contributed by atoms with E-state index in [1.165, 1.54) is 30.7 Å². The Morgan fingerprint density at radius 1 is 0.833 bits per heavy atom. The van der Waals surface area contributed by atoms with Gasteiger partial charge in [0, 0.05) is 0 Å². The van der Waals surface area contributed by atoms with Crippen molar-refractivity contribution in [2.75, 3.05) is 26.2 Å². The Bertz CT molecular complexity index is 229. The van der Waals surface area contributed by atoms with Gasteiger partial charge in [0.1, 0.15) is 0 Å². The largest absolute Gasteiger partial charge is 1.00 e. The summed E-state index contributed by atoms with van der Waals surface area (Å²) >= 11 is 0. The summed E-state index contributed by atoms with van der Waals surface area (Å²) in [5, 5.41) is 18.8. The average molecular weight is 283 g/mol. The second kappa shape index (κ2) is 13.7. The molecule has 0 N–H and O–H groups in total. The van der Waals surface area contributed by atoms with Gasteiger partial charge in [-0.05, 0) is 39.8 Å². The van der Waals surface area contributed by atoms with Gasteiger partial charge in [-0.25, -0.2) is 0 Å². The first-order valence-electron chi connectivity index (χ1n) is 5.82. The van der Waals surface area contributed by atoms with Gasteiger partial charge in [-0.1, -0.05) is 0 Å². The van der Waals surface area contributed by atoms with E-state index in [1.54, 1.807) is 0 Å². The third kappa shape index (κ3) is 12.7. The smallest absolute Gasteiger partial charge is 0.545 e. The van der Waals surface area contributed by atoms with E-state index in [2.05, 4.69) is 27.7 Å². The summed E-state index contributed by atoms with van der Waals surface area (Å²) in [5.41, 5.74) is 0. The summed E-state index contributed by atoms with van der Waals surface area (Å²) < 4.78 is 1.28. The Morgan fingerprint density at radius 3 is 1.11 bits per heavy atom. The van der Waals surface area contributed by atoms with Crippen molar-refractivity contribution >= 4 is 11.9 Å². The van der Waals surface area contributed by atoms with Gasteiger partial charge in [-0.2, -0.15) is 0 Å². The number of carbonyl (C=O) groups is 2. The van der Waals surface area contributed by atoms with Crippen LogP contribution in [0.2, 0.25) is 0 Å². The van der Waals surface area contributed by atoms with Crippen molar-refractivity contribution in [3.63, 3.8) is 0 Å². The van der Waals surface area contributed by atoms with E-state index >= 15 is 0 Å².